The van der Waals surface area contributed by atoms with Gasteiger partial charge in [0.05, 0.1) is 23.3 Å². The quantitative estimate of drug-likeness (QED) is 0.694. The first-order valence-corrected chi connectivity index (χ1v) is 8.91. The van der Waals surface area contributed by atoms with Crippen molar-refractivity contribution in [1.82, 2.24) is 29.9 Å². The maximum atomic E-state index is 13.4. The molecule has 0 aliphatic carbocycles. The van der Waals surface area contributed by atoms with Gasteiger partial charge in [-0.05, 0) is 37.3 Å². The summed E-state index contributed by atoms with van der Waals surface area (Å²) in [7, 11) is 0. The van der Waals surface area contributed by atoms with Crippen molar-refractivity contribution in [2.24, 2.45) is 0 Å². The molecule has 1 amide bonds. The molecule has 0 bridgehead atoms. The molecule has 1 saturated heterocycles. The van der Waals surface area contributed by atoms with Crippen molar-refractivity contribution < 1.29 is 13.6 Å². The highest BCUT2D eigenvalue weighted by atomic mass is 19.3. The molecule has 1 fully saturated rings. The summed E-state index contributed by atoms with van der Waals surface area (Å²) in [6, 6.07) is 8.79. The predicted octanol–water partition coefficient (Wildman–Crippen LogP) is 2.90. The zero-order valence-corrected chi connectivity index (χ0v) is 15.2. The Hall–Kier alpha value is -3.23. The molecule has 4 heterocycles. The van der Waals surface area contributed by atoms with Crippen LogP contribution in [0.2, 0.25) is 0 Å². The number of rotatable bonds is 3. The largest absolute Gasteiger partial charge is 0.337 e. The fraction of sp³-hybridized carbons (Fsp3) is 0.316. The predicted molar refractivity (Wildman–Crippen MR) is 97.2 cm³/mol. The standard InChI is InChI=1S/C19H18F2N6O/c1-13-4-5-15(24-23-13)17-11-16(25-27(17)14-3-2-8-22-12-14)18(28)26-9-6-19(20,21)7-10-26/h2-5,8,11-12H,6-7,9-10H2,1H3. The van der Waals surface area contributed by atoms with Crippen LogP contribution in [0.25, 0.3) is 17.1 Å². The van der Waals surface area contributed by atoms with E-state index < -0.39 is 5.92 Å². The second-order valence-electron chi connectivity index (χ2n) is 6.75. The number of amides is 1. The van der Waals surface area contributed by atoms with Crippen LogP contribution in [-0.2, 0) is 0 Å². The Kier molecular flexibility index (Phi) is 4.58. The van der Waals surface area contributed by atoms with Gasteiger partial charge in [-0.15, -0.1) is 5.10 Å². The normalized spacial score (nSPS) is 16.2. The average Bonchev–Trinajstić information content (AvgIpc) is 3.14. The Labute approximate surface area is 160 Å². The molecule has 0 aromatic carbocycles. The van der Waals surface area contributed by atoms with Gasteiger partial charge in [-0.2, -0.15) is 10.2 Å². The summed E-state index contributed by atoms with van der Waals surface area (Å²) in [6.45, 7) is 1.84. The van der Waals surface area contributed by atoms with Crippen LogP contribution in [-0.4, -0.2) is 54.8 Å². The van der Waals surface area contributed by atoms with Crippen LogP contribution in [0.3, 0.4) is 0 Å². The van der Waals surface area contributed by atoms with Gasteiger partial charge in [0.1, 0.15) is 5.69 Å². The fourth-order valence-electron chi connectivity index (χ4n) is 3.08. The third-order valence-electron chi connectivity index (χ3n) is 4.66. The molecule has 0 unspecified atom stereocenters. The van der Waals surface area contributed by atoms with Crippen LogP contribution in [0.5, 0.6) is 0 Å². The van der Waals surface area contributed by atoms with E-state index in [1.165, 1.54) is 4.90 Å². The third-order valence-corrected chi connectivity index (χ3v) is 4.66. The van der Waals surface area contributed by atoms with Gasteiger partial charge in [0.15, 0.2) is 5.69 Å². The summed E-state index contributed by atoms with van der Waals surface area (Å²) >= 11 is 0. The highest BCUT2D eigenvalue weighted by Gasteiger charge is 2.36. The van der Waals surface area contributed by atoms with Gasteiger partial charge in [0.25, 0.3) is 11.8 Å². The zero-order chi connectivity index (χ0) is 19.7. The van der Waals surface area contributed by atoms with Crippen LogP contribution < -0.4 is 0 Å². The first-order valence-electron chi connectivity index (χ1n) is 8.91. The zero-order valence-electron chi connectivity index (χ0n) is 15.2. The van der Waals surface area contributed by atoms with E-state index >= 15 is 0 Å². The number of carbonyl (C=O) groups is 1. The molecule has 0 N–H and O–H groups in total. The molecule has 1 aliphatic rings. The van der Waals surface area contributed by atoms with E-state index in [9.17, 15) is 13.6 Å². The number of aromatic nitrogens is 5. The molecule has 0 radical (unpaired) electrons. The molecule has 0 spiro atoms. The third kappa shape index (κ3) is 3.60. The number of piperidine rings is 1. The molecule has 9 heteroatoms. The van der Waals surface area contributed by atoms with Crippen LogP contribution in [0.4, 0.5) is 8.78 Å². The van der Waals surface area contributed by atoms with E-state index in [0.29, 0.717) is 17.1 Å². The van der Waals surface area contributed by atoms with Gasteiger partial charge in [-0.1, -0.05) is 0 Å². The fourth-order valence-corrected chi connectivity index (χ4v) is 3.08. The van der Waals surface area contributed by atoms with Crippen molar-refractivity contribution in [2.45, 2.75) is 25.7 Å². The van der Waals surface area contributed by atoms with Gasteiger partial charge in [0.2, 0.25) is 0 Å². The topological polar surface area (TPSA) is 76.8 Å². The molecule has 4 rings (SSSR count). The van der Waals surface area contributed by atoms with Crippen LogP contribution in [0, 0.1) is 6.92 Å². The van der Waals surface area contributed by atoms with Crippen LogP contribution in [0.1, 0.15) is 29.0 Å². The number of carbonyl (C=O) groups excluding carboxylic acids is 1. The van der Waals surface area contributed by atoms with Crippen molar-refractivity contribution in [2.75, 3.05) is 13.1 Å². The highest BCUT2D eigenvalue weighted by molar-refractivity contribution is 5.93. The minimum Gasteiger partial charge on any atom is -0.337 e. The smallest absolute Gasteiger partial charge is 0.274 e. The lowest BCUT2D eigenvalue weighted by Crippen LogP contribution is -2.42. The number of hydrogen-bond donors (Lipinski definition) is 0. The van der Waals surface area contributed by atoms with E-state index in [1.807, 2.05) is 13.0 Å². The van der Waals surface area contributed by atoms with Crippen molar-refractivity contribution in [3.8, 4) is 17.1 Å². The number of pyridine rings is 1. The summed E-state index contributed by atoms with van der Waals surface area (Å²) in [5, 5.41) is 12.7. The van der Waals surface area contributed by atoms with E-state index in [4.69, 9.17) is 0 Å². The minimum absolute atomic E-state index is 0.00521. The lowest BCUT2D eigenvalue weighted by atomic mass is 10.1. The molecule has 1 aliphatic heterocycles. The van der Waals surface area contributed by atoms with E-state index in [1.54, 1.807) is 41.3 Å². The van der Waals surface area contributed by atoms with Crippen molar-refractivity contribution >= 4 is 5.91 Å². The number of halogens is 2. The Morgan fingerprint density at radius 1 is 1.14 bits per heavy atom. The van der Waals surface area contributed by atoms with Crippen molar-refractivity contribution in [3.05, 3.63) is 54.1 Å². The number of alkyl halides is 2. The first kappa shape index (κ1) is 18.1. The Morgan fingerprint density at radius 2 is 1.93 bits per heavy atom. The summed E-state index contributed by atoms with van der Waals surface area (Å²) in [5.74, 6) is -3.09. The highest BCUT2D eigenvalue weighted by Crippen LogP contribution is 2.29. The molecule has 144 valence electrons. The average molecular weight is 384 g/mol. The molecule has 3 aromatic rings. The Balaban J connectivity index is 1.71. The SMILES string of the molecule is Cc1ccc(-c2cc(C(=O)N3CCC(F)(F)CC3)nn2-c2cccnc2)nn1. The lowest BCUT2D eigenvalue weighted by molar-refractivity contribution is -0.0495. The van der Waals surface area contributed by atoms with Gasteiger partial charge in [-0.25, -0.2) is 13.5 Å². The second kappa shape index (κ2) is 7.06. The van der Waals surface area contributed by atoms with E-state index in [2.05, 4.69) is 20.3 Å². The summed E-state index contributed by atoms with van der Waals surface area (Å²) < 4.78 is 28.4. The maximum Gasteiger partial charge on any atom is 0.274 e. The maximum absolute atomic E-state index is 13.4. The number of likely N-dealkylation sites (tertiary alicyclic amines) is 1. The molecule has 7 nitrogen and oxygen atoms in total. The van der Waals surface area contributed by atoms with E-state index in [0.717, 1.165) is 5.69 Å². The van der Waals surface area contributed by atoms with Gasteiger partial charge < -0.3 is 4.90 Å². The van der Waals surface area contributed by atoms with Crippen LogP contribution in [0.15, 0.2) is 42.7 Å². The van der Waals surface area contributed by atoms with Crippen molar-refractivity contribution in [3.63, 3.8) is 0 Å². The van der Waals surface area contributed by atoms with Crippen molar-refractivity contribution in [1.29, 1.82) is 0 Å². The number of nitrogens with zero attached hydrogens (tertiary/aromatic N) is 6. The molecular weight excluding hydrogens is 366 g/mol. The lowest BCUT2D eigenvalue weighted by Gasteiger charge is -2.31. The molecular formula is C19H18F2N6O. The van der Waals surface area contributed by atoms with E-state index in [-0.39, 0.29) is 37.5 Å². The second-order valence-corrected chi connectivity index (χ2v) is 6.75. The number of hydrogen-bond acceptors (Lipinski definition) is 5. The Bertz CT molecular complexity index is 977. The van der Waals surface area contributed by atoms with Crippen LogP contribution >= 0.6 is 0 Å². The summed E-state index contributed by atoms with van der Waals surface area (Å²) in [6.07, 6.45) is 2.59. The molecule has 3 aromatic heterocycles. The Morgan fingerprint density at radius 3 is 2.57 bits per heavy atom. The monoisotopic (exact) mass is 384 g/mol. The summed E-state index contributed by atoms with van der Waals surface area (Å²) in [5.41, 5.74) is 2.72. The summed E-state index contributed by atoms with van der Waals surface area (Å²) in [4.78, 5) is 18.4. The van der Waals surface area contributed by atoms with Gasteiger partial charge in [-0.3, -0.25) is 9.78 Å². The molecule has 0 atom stereocenters. The minimum atomic E-state index is -2.71. The first-order chi connectivity index (χ1) is 13.4. The van der Waals surface area contributed by atoms with Gasteiger partial charge in [0, 0.05) is 32.1 Å². The molecule has 28 heavy (non-hydrogen) atoms. The van der Waals surface area contributed by atoms with Gasteiger partial charge >= 0.3 is 0 Å². The molecule has 0 saturated carbocycles. The number of aryl methyl sites for hydroxylation is 1.